The van der Waals surface area contributed by atoms with Gasteiger partial charge in [0.2, 0.25) is 5.88 Å². The Bertz CT molecular complexity index is 1710. The minimum atomic E-state index is 0. The zero-order valence-corrected chi connectivity index (χ0v) is 22.9. The van der Waals surface area contributed by atoms with Crippen molar-refractivity contribution in [3.8, 4) is 28.6 Å². The zero-order chi connectivity index (χ0) is 24.5. The van der Waals surface area contributed by atoms with Crippen LogP contribution in [0.2, 0.25) is 0 Å². The van der Waals surface area contributed by atoms with Crippen molar-refractivity contribution in [2.75, 3.05) is 0 Å². The monoisotopic (exact) mass is 662 g/mol. The normalized spacial score (nSPS) is 11.0. The van der Waals surface area contributed by atoms with Crippen molar-refractivity contribution in [2.45, 2.75) is 26.7 Å². The first-order valence-electron chi connectivity index (χ1n) is 12.3. The Hall–Kier alpha value is -3.75. The maximum atomic E-state index is 6.05. The van der Waals surface area contributed by atoms with E-state index in [2.05, 4.69) is 78.0 Å². The molecule has 4 nitrogen and oxygen atoms in total. The van der Waals surface area contributed by atoms with Crippen molar-refractivity contribution in [1.82, 2.24) is 14.5 Å². The summed E-state index contributed by atoms with van der Waals surface area (Å²) < 4.78 is 8.28. The molecule has 5 heteroatoms. The molecular weight excluding hydrogens is 637 g/mol. The van der Waals surface area contributed by atoms with Gasteiger partial charge in [-0.3, -0.25) is 0 Å². The fourth-order valence-corrected chi connectivity index (χ4v) is 4.68. The molecule has 3 aromatic carbocycles. The second-order valence-corrected chi connectivity index (χ2v) is 8.71. The van der Waals surface area contributed by atoms with Crippen LogP contribution in [0.15, 0.2) is 91.3 Å². The van der Waals surface area contributed by atoms with E-state index in [9.17, 15) is 0 Å². The van der Waals surface area contributed by atoms with Gasteiger partial charge in [-0.25, -0.2) is 21.1 Å². The van der Waals surface area contributed by atoms with Crippen LogP contribution in [-0.2, 0) is 33.9 Å². The zero-order valence-electron chi connectivity index (χ0n) is 20.6. The van der Waals surface area contributed by atoms with E-state index in [1.54, 1.807) is 6.20 Å². The van der Waals surface area contributed by atoms with Gasteiger partial charge in [0.15, 0.2) is 0 Å². The second kappa shape index (κ2) is 10.7. The Morgan fingerprint density at radius 1 is 0.757 bits per heavy atom. The van der Waals surface area contributed by atoms with Crippen molar-refractivity contribution >= 4 is 21.8 Å². The Balaban J connectivity index is 0.00000280. The molecule has 184 valence electrons. The number of rotatable bonds is 6. The molecule has 0 spiro atoms. The van der Waals surface area contributed by atoms with Gasteiger partial charge in [-0.2, -0.15) is 24.3 Å². The predicted molar refractivity (Wildman–Crippen MR) is 145 cm³/mol. The summed E-state index contributed by atoms with van der Waals surface area (Å²) in [5.74, 6) is 2.15. The minimum absolute atomic E-state index is 0. The van der Waals surface area contributed by atoms with Gasteiger partial charge < -0.3 is 9.30 Å². The number of pyridine rings is 2. The van der Waals surface area contributed by atoms with Crippen molar-refractivity contribution in [2.24, 2.45) is 0 Å². The van der Waals surface area contributed by atoms with Crippen molar-refractivity contribution < 1.29 is 25.8 Å². The third kappa shape index (κ3) is 4.70. The van der Waals surface area contributed by atoms with E-state index in [0.717, 1.165) is 46.2 Å². The minimum Gasteiger partial charge on any atom is -0.460 e. The van der Waals surface area contributed by atoms with Crippen molar-refractivity contribution in [3.05, 3.63) is 115 Å². The first-order chi connectivity index (χ1) is 17.7. The topological polar surface area (TPSA) is 39.9 Å². The van der Waals surface area contributed by atoms with Gasteiger partial charge in [0, 0.05) is 29.7 Å². The molecule has 0 bridgehead atoms. The molecule has 0 unspecified atom stereocenters. The molecule has 0 fully saturated rings. The average Bonchev–Trinajstić information content (AvgIpc) is 3.27. The van der Waals surface area contributed by atoms with Crippen LogP contribution in [0.1, 0.15) is 25.0 Å². The summed E-state index contributed by atoms with van der Waals surface area (Å²) in [6, 6.07) is 33.8. The Labute approximate surface area is 231 Å². The largest absolute Gasteiger partial charge is 2.00 e. The first kappa shape index (κ1) is 24.9. The summed E-state index contributed by atoms with van der Waals surface area (Å²) >= 11 is 0. The van der Waals surface area contributed by atoms with Crippen LogP contribution in [0.5, 0.6) is 11.6 Å². The molecule has 37 heavy (non-hydrogen) atoms. The smallest absolute Gasteiger partial charge is 0.460 e. The fourth-order valence-electron chi connectivity index (χ4n) is 4.68. The van der Waals surface area contributed by atoms with Crippen molar-refractivity contribution in [3.63, 3.8) is 0 Å². The number of aromatic nitrogens is 3. The van der Waals surface area contributed by atoms with Gasteiger partial charge in [-0.1, -0.05) is 43.5 Å². The maximum absolute atomic E-state index is 6.05. The Kier molecular flexibility index (Phi) is 7.21. The summed E-state index contributed by atoms with van der Waals surface area (Å²) in [6.07, 6.45) is 5.47. The van der Waals surface area contributed by atoms with Gasteiger partial charge >= 0.3 is 21.1 Å². The van der Waals surface area contributed by atoms with Crippen LogP contribution in [0.4, 0.5) is 0 Å². The number of nitrogens with zero attached hydrogens (tertiary/aromatic N) is 3. The SMILES string of the molecule is CCc1ccnc(Oc2[c-]c(-c3[c-]c4c(cc3)c3ccccc3n4-c3ncccc3CC)ccc2)c1.[Pt+2]. The van der Waals surface area contributed by atoms with Gasteiger partial charge in [0.05, 0.1) is 0 Å². The molecule has 0 aliphatic carbocycles. The van der Waals surface area contributed by atoms with Crippen LogP contribution in [0, 0.1) is 12.1 Å². The van der Waals surface area contributed by atoms with Crippen LogP contribution >= 0.6 is 0 Å². The summed E-state index contributed by atoms with van der Waals surface area (Å²) in [4.78, 5) is 9.13. The molecule has 3 aromatic heterocycles. The van der Waals surface area contributed by atoms with Gasteiger partial charge in [0.25, 0.3) is 0 Å². The molecule has 3 heterocycles. The van der Waals surface area contributed by atoms with E-state index in [1.807, 2.05) is 42.6 Å². The van der Waals surface area contributed by atoms with Crippen LogP contribution in [-0.4, -0.2) is 14.5 Å². The number of aryl methyl sites for hydroxylation is 2. The molecule has 0 aliphatic heterocycles. The van der Waals surface area contributed by atoms with Gasteiger partial charge in [0.1, 0.15) is 5.82 Å². The number of benzene rings is 3. The summed E-state index contributed by atoms with van der Waals surface area (Å²) in [5.41, 5.74) is 6.36. The second-order valence-electron chi connectivity index (χ2n) is 8.71. The van der Waals surface area contributed by atoms with Crippen LogP contribution < -0.4 is 4.74 Å². The molecular formula is C32H25N3OPt. The molecule has 0 aliphatic rings. The number of fused-ring (bicyclic) bond motifs is 3. The molecule has 0 saturated heterocycles. The fraction of sp³-hybridized carbons (Fsp3) is 0.125. The maximum Gasteiger partial charge on any atom is 2.00 e. The van der Waals surface area contributed by atoms with Crippen molar-refractivity contribution in [1.29, 1.82) is 0 Å². The quantitative estimate of drug-likeness (QED) is 0.171. The summed E-state index contributed by atoms with van der Waals surface area (Å²) in [5, 5.41) is 2.33. The van der Waals surface area contributed by atoms with E-state index in [0.29, 0.717) is 11.6 Å². The van der Waals surface area contributed by atoms with E-state index in [4.69, 9.17) is 9.72 Å². The Morgan fingerprint density at radius 3 is 2.49 bits per heavy atom. The molecule has 0 radical (unpaired) electrons. The third-order valence-electron chi connectivity index (χ3n) is 6.52. The molecule has 6 rings (SSSR count). The third-order valence-corrected chi connectivity index (χ3v) is 6.52. The summed E-state index contributed by atoms with van der Waals surface area (Å²) in [6.45, 7) is 4.28. The predicted octanol–water partition coefficient (Wildman–Crippen LogP) is 7.76. The average molecular weight is 663 g/mol. The Morgan fingerprint density at radius 2 is 1.62 bits per heavy atom. The number of hydrogen-bond acceptors (Lipinski definition) is 3. The molecule has 6 aromatic rings. The van der Waals surface area contributed by atoms with E-state index in [1.165, 1.54) is 16.5 Å². The van der Waals surface area contributed by atoms with E-state index < -0.39 is 0 Å². The number of hydrogen-bond donors (Lipinski definition) is 0. The molecule has 0 amide bonds. The number of ether oxygens (including phenoxy) is 1. The number of para-hydroxylation sites is 1. The van der Waals surface area contributed by atoms with Gasteiger partial charge in [-0.15, -0.1) is 18.2 Å². The van der Waals surface area contributed by atoms with Crippen LogP contribution in [0.3, 0.4) is 0 Å². The molecule has 0 saturated carbocycles. The summed E-state index contributed by atoms with van der Waals surface area (Å²) in [7, 11) is 0. The standard InChI is InChI=1S/C32H25N3O.Pt/c1-3-22-16-18-33-31(19-22)36-26-11-7-9-24(20-26)25-14-15-28-27-12-5-6-13-29(27)35(30(28)21-25)32-23(4-2)10-8-17-34-32;/h5-19H,3-4H2,1-2H3;/q-2;+2. The molecule has 0 atom stereocenters. The molecule has 0 N–H and O–H groups in total. The van der Waals surface area contributed by atoms with E-state index >= 15 is 0 Å². The van der Waals surface area contributed by atoms with Gasteiger partial charge in [-0.05, 0) is 53.1 Å². The van der Waals surface area contributed by atoms with E-state index in [-0.39, 0.29) is 21.1 Å². The van der Waals surface area contributed by atoms with Crippen LogP contribution in [0.25, 0.3) is 38.8 Å². The first-order valence-corrected chi connectivity index (χ1v) is 12.3.